The largest absolute Gasteiger partial charge is 0.468 e. The van der Waals surface area contributed by atoms with Gasteiger partial charge in [0, 0.05) is 22.4 Å². The second-order valence-corrected chi connectivity index (χ2v) is 7.24. The molecule has 0 saturated carbocycles. The van der Waals surface area contributed by atoms with Crippen LogP contribution in [0.2, 0.25) is 0 Å². The summed E-state index contributed by atoms with van der Waals surface area (Å²) in [6.07, 6.45) is 6.61. The fourth-order valence-electron chi connectivity index (χ4n) is 2.75. The monoisotopic (exact) mass is 349 g/mol. The lowest BCUT2D eigenvalue weighted by atomic mass is 9.95. The molecule has 0 aromatic carbocycles. The molecule has 0 aliphatic heterocycles. The molecule has 0 N–H and O–H groups in total. The van der Waals surface area contributed by atoms with Crippen molar-refractivity contribution in [3.05, 3.63) is 28.5 Å². The van der Waals surface area contributed by atoms with Gasteiger partial charge in [0.1, 0.15) is 0 Å². The third kappa shape index (κ3) is 3.35. The van der Waals surface area contributed by atoms with Gasteiger partial charge in [-0.3, -0.25) is 9.36 Å². The zero-order chi connectivity index (χ0) is 16.2. The molecule has 1 aliphatic rings. The van der Waals surface area contributed by atoms with Gasteiger partial charge < -0.3 is 4.74 Å². The maximum absolute atomic E-state index is 11.4. The molecule has 0 atom stereocenters. The molecule has 23 heavy (non-hydrogen) atoms. The number of esters is 1. The second-order valence-electron chi connectivity index (χ2n) is 5.33. The van der Waals surface area contributed by atoms with Crippen LogP contribution in [0.4, 0.5) is 0 Å². The summed E-state index contributed by atoms with van der Waals surface area (Å²) >= 11 is 3.16. The van der Waals surface area contributed by atoms with Crippen LogP contribution in [-0.2, 0) is 28.9 Å². The highest BCUT2D eigenvalue weighted by atomic mass is 32.2. The highest BCUT2D eigenvalue weighted by Gasteiger charge is 2.22. The van der Waals surface area contributed by atoms with Crippen LogP contribution in [0.1, 0.15) is 23.3 Å². The number of carbonyl (C=O) groups excluding carboxylic acids is 1. The van der Waals surface area contributed by atoms with Crippen LogP contribution < -0.4 is 0 Å². The molecule has 122 valence electrons. The molecule has 5 nitrogen and oxygen atoms in total. The van der Waals surface area contributed by atoms with Crippen molar-refractivity contribution in [3.63, 3.8) is 0 Å². The molecule has 0 fully saturated rings. The third-order valence-corrected chi connectivity index (χ3v) is 5.91. The quantitative estimate of drug-likeness (QED) is 0.455. The number of ether oxygens (including phenoxy) is 1. The van der Waals surface area contributed by atoms with E-state index in [4.69, 9.17) is 0 Å². The number of allylic oxidation sites excluding steroid dienone is 1. The average molecular weight is 349 g/mol. The van der Waals surface area contributed by atoms with Crippen molar-refractivity contribution in [2.75, 3.05) is 12.9 Å². The smallest absolute Gasteiger partial charge is 0.316 e. The Hall–Kier alpha value is -1.60. The summed E-state index contributed by atoms with van der Waals surface area (Å²) in [4.78, 5) is 12.8. The number of fused-ring (bicyclic) bond motifs is 1. The Labute approximate surface area is 143 Å². The van der Waals surface area contributed by atoms with Gasteiger partial charge >= 0.3 is 5.97 Å². The standard InChI is InChI=1S/C16H19N3O2S2/c1-3-8-19-15(17-18-16(19)23-10-14(20)21-2)12-9-22-13-7-5-4-6-11(12)13/h3,9H,1,4-8,10H2,2H3. The molecule has 7 heteroatoms. The topological polar surface area (TPSA) is 57.0 Å². The van der Waals surface area contributed by atoms with E-state index in [1.54, 1.807) is 0 Å². The Balaban J connectivity index is 1.93. The molecule has 1 aliphatic carbocycles. The third-order valence-electron chi connectivity index (χ3n) is 3.88. The summed E-state index contributed by atoms with van der Waals surface area (Å²) in [5.74, 6) is 0.835. The van der Waals surface area contributed by atoms with Crippen molar-refractivity contribution in [2.45, 2.75) is 37.4 Å². The van der Waals surface area contributed by atoms with Crippen LogP contribution in [0.25, 0.3) is 11.4 Å². The highest BCUT2D eigenvalue weighted by Crippen LogP contribution is 2.36. The van der Waals surface area contributed by atoms with E-state index in [1.807, 2.05) is 22.0 Å². The number of carbonyl (C=O) groups is 1. The summed E-state index contributed by atoms with van der Waals surface area (Å²) in [5.41, 5.74) is 2.60. The SMILES string of the molecule is C=CCn1c(SCC(=O)OC)nnc1-c1csc2c1CCCC2. The zero-order valence-corrected chi connectivity index (χ0v) is 14.7. The Morgan fingerprint density at radius 1 is 1.48 bits per heavy atom. The lowest BCUT2D eigenvalue weighted by Gasteiger charge is -2.13. The number of thioether (sulfide) groups is 1. The van der Waals surface area contributed by atoms with Crippen LogP contribution in [0.5, 0.6) is 0 Å². The number of thiophene rings is 1. The summed E-state index contributed by atoms with van der Waals surface area (Å²) < 4.78 is 6.71. The second kappa shape index (κ2) is 7.31. The van der Waals surface area contributed by atoms with E-state index in [2.05, 4.69) is 26.9 Å². The molecule has 2 heterocycles. The number of hydrogen-bond donors (Lipinski definition) is 0. The molecule has 0 radical (unpaired) electrons. The lowest BCUT2D eigenvalue weighted by molar-refractivity contribution is -0.137. The summed E-state index contributed by atoms with van der Waals surface area (Å²) in [6.45, 7) is 4.44. The Bertz CT molecular complexity index is 721. The van der Waals surface area contributed by atoms with Crippen molar-refractivity contribution in [3.8, 4) is 11.4 Å². The van der Waals surface area contributed by atoms with E-state index in [0.717, 1.165) is 17.4 Å². The maximum atomic E-state index is 11.4. The van der Waals surface area contributed by atoms with Gasteiger partial charge in [-0.1, -0.05) is 17.8 Å². The van der Waals surface area contributed by atoms with Gasteiger partial charge in [-0.05, 0) is 31.2 Å². The first kappa shape index (κ1) is 16.3. The molecular weight excluding hydrogens is 330 g/mol. The first-order valence-corrected chi connectivity index (χ1v) is 9.44. The predicted molar refractivity (Wildman–Crippen MR) is 92.9 cm³/mol. The van der Waals surface area contributed by atoms with Crippen molar-refractivity contribution in [1.29, 1.82) is 0 Å². The van der Waals surface area contributed by atoms with Gasteiger partial charge in [0.25, 0.3) is 0 Å². The van der Waals surface area contributed by atoms with Crippen LogP contribution >= 0.6 is 23.1 Å². The zero-order valence-electron chi connectivity index (χ0n) is 13.1. The summed E-state index contributed by atoms with van der Waals surface area (Å²) in [6, 6.07) is 0. The van der Waals surface area contributed by atoms with E-state index in [0.29, 0.717) is 6.54 Å². The van der Waals surface area contributed by atoms with Crippen LogP contribution in [0.3, 0.4) is 0 Å². The molecule has 2 aromatic heterocycles. The van der Waals surface area contributed by atoms with Crippen molar-refractivity contribution in [1.82, 2.24) is 14.8 Å². The molecule has 2 aromatic rings. The van der Waals surface area contributed by atoms with E-state index in [9.17, 15) is 4.79 Å². The first-order chi connectivity index (χ1) is 11.2. The minimum absolute atomic E-state index is 0.230. The Morgan fingerprint density at radius 2 is 2.30 bits per heavy atom. The Kier molecular flexibility index (Phi) is 5.17. The summed E-state index contributed by atoms with van der Waals surface area (Å²) in [7, 11) is 1.39. The van der Waals surface area contributed by atoms with Crippen molar-refractivity contribution >= 4 is 29.1 Å². The molecule has 0 bridgehead atoms. The summed E-state index contributed by atoms with van der Waals surface area (Å²) in [5, 5.41) is 11.6. The van der Waals surface area contributed by atoms with E-state index >= 15 is 0 Å². The van der Waals surface area contributed by atoms with E-state index in [1.165, 1.54) is 54.1 Å². The number of rotatable bonds is 6. The number of hydrogen-bond acceptors (Lipinski definition) is 6. The van der Waals surface area contributed by atoms with E-state index in [-0.39, 0.29) is 11.7 Å². The van der Waals surface area contributed by atoms with Crippen LogP contribution in [0, 0.1) is 0 Å². The molecule has 0 spiro atoms. The molecular formula is C16H19N3O2S2. The van der Waals surface area contributed by atoms with E-state index < -0.39 is 0 Å². The fourth-order valence-corrected chi connectivity index (χ4v) is 4.66. The average Bonchev–Trinajstić information content (AvgIpc) is 3.17. The molecule has 0 unspecified atom stereocenters. The molecule has 0 amide bonds. The van der Waals surface area contributed by atoms with Crippen molar-refractivity contribution < 1.29 is 9.53 Å². The van der Waals surface area contributed by atoms with Gasteiger partial charge in [-0.2, -0.15) is 0 Å². The Morgan fingerprint density at radius 3 is 3.09 bits per heavy atom. The number of aryl methyl sites for hydroxylation is 1. The van der Waals surface area contributed by atoms with Gasteiger partial charge in [0.2, 0.25) is 0 Å². The first-order valence-electron chi connectivity index (χ1n) is 7.58. The van der Waals surface area contributed by atoms with Gasteiger partial charge in [-0.15, -0.1) is 28.1 Å². The molecule has 3 rings (SSSR count). The van der Waals surface area contributed by atoms with Gasteiger partial charge in [0.05, 0.1) is 12.9 Å². The lowest BCUT2D eigenvalue weighted by Crippen LogP contribution is -2.06. The minimum Gasteiger partial charge on any atom is -0.468 e. The van der Waals surface area contributed by atoms with Crippen LogP contribution in [0.15, 0.2) is 23.2 Å². The molecule has 0 saturated heterocycles. The van der Waals surface area contributed by atoms with Gasteiger partial charge in [0.15, 0.2) is 11.0 Å². The minimum atomic E-state index is -0.266. The predicted octanol–water partition coefficient (Wildman–Crippen LogP) is 3.34. The maximum Gasteiger partial charge on any atom is 0.316 e. The van der Waals surface area contributed by atoms with Gasteiger partial charge in [-0.25, -0.2) is 0 Å². The number of methoxy groups -OCH3 is 1. The highest BCUT2D eigenvalue weighted by molar-refractivity contribution is 7.99. The van der Waals surface area contributed by atoms with Crippen LogP contribution in [-0.4, -0.2) is 33.6 Å². The number of aromatic nitrogens is 3. The number of nitrogens with zero attached hydrogens (tertiary/aromatic N) is 3. The fraction of sp³-hybridized carbons (Fsp3) is 0.438. The normalized spacial score (nSPS) is 13.6. The van der Waals surface area contributed by atoms with Crippen molar-refractivity contribution in [2.24, 2.45) is 0 Å².